The smallest absolute Gasteiger partial charge is 0.385 e. The van der Waals surface area contributed by atoms with Crippen molar-refractivity contribution in [3.05, 3.63) is 54.1 Å². The van der Waals surface area contributed by atoms with Gasteiger partial charge in [0.1, 0.15) is 5.75 Å². The van der Waals surface area contributed by atoms with Gasteiger partial charge >= 0.3 is 16.3 Å². The summed E-state index contributed by atoms with van der Waals surface area (Å²) >= 11 is 0. The van der Waals surface area contributed by atoms with Gasteiger partial charge in [-0.2, -0.15) is 13.1 Å². The van der Waals surface area contributed by atoms with Gasteiger partial charge in [-0.15, -0.1) is 0 Å². The highest BCUT2D eigenvalue weighted by molar-refractivity contribution is 7.85. The molecule has 0 bridgehead atoms. The van der Waals surface area contributed by atoms with E-state index in [-0.39, 0.29) is 11.6 Å². The Labute approximate surface area is 337 Å². The van der Waals surface area contributed by atoms with Gasteiger partial charge in [-0.05, 0) is 49.6 Å². The number of para-hydroxylation sites is 1. The Bertz CT molecular complexity index is 1410. The van der Waals surface area contributed by atoms with Crippen molar-refractivity contribution in [3.8, 4) is 11.5 Å². The molecule has 8 nitrogen and oxygen atoms in total. The zero-order valence-electron chi connectivity index (χ0n) is 35.3. The van der Waals surface area contributed by atoms with Gasteiger partial charge in [0.15, 0.2) is 5.75 Å². The van der Waals surface area contributed by atoms with Gasteiger partial charge in [0, 0.05) is 25.6 Å². The number of quaternary nitrogens is 1. The normalized spacial score (nSPS) is 14.0. The van der Waals surface area contributed by atoms with Crippen LogP contribution in [0, 0.1) is 0 Å². The molecule has 0 aromatic heterocycles. The molecule has 1 atom stereocenters. The Morgan fingerprint density at radius 1 is 0.691 bits per heavy atom. The summed E-state index contributed by atoms with van der Waals surface area (Å²) in [6, 6.07) is 14.2. The van der Waals surface area contributed by atoms with E-state index in [0.717, 1.165) is 61.9 Å². The summed E-state index contributed by atoms with van der Waals surface area (Å²) in [4.78, 5) is 15.4. The fraction of sp³-hybridized carbons (Fsp3) is 0.717. The van der Waals surface area contributed by atoms with Crippen molar-refractivity contribution in [2.24, 2.45) is 0 Å². The summed E-state index contributed by atoms with van der Waals surface area (Å²) in [7, 11) is 2.00. The summed E-state index contributed by atoms with van der Waals surface area (Å²) in [6.45, 7) is 4.78. The molecule has 1 aliphatic rings. The van der Waals surface area contributed by atoms with Crippen LogP contribution in [-0.4, -0.2) is 65.7 Å². The van der Waals surface area contributed by atoms with E-state index in [1.807, 2.05) is 30.3 Å². The molecule has 1 saturated heterocycles. The molecule has 0 spiro atoms. The molecule has 9 heteroatoms. The lowest BCUT2D eigenvalue weighted by Gasteiger charge is -2.27. The number of hydrogen-bond acceptors (Lipinski definition) is 6. The average Bonchev–Trinajstić information content (AvgIpc) is 3.69. The van der Waals surface area contributed by atoms with E-state index >= 15 is 0 Å². The maximum absolute atomic E-state index is 13.2. The summed E-state index contributed by atoms with van der Waals surface area (Å²) in [5.74, 6) is 0.426. The van der Waals surface area contributed by atoms with E-state index in [9.17, 15) is 13.2 Å². The maximum atomic E-state index is 13.2. The minimum atomic E-state index is -4.31. The van der Waals surface area contributed by atoms with Gasteiger partial charge < -0.3 is 18.3 Å². The predicted octanol–water partition coefficient (Wildman–Crippen LogP) is 12.1. The molecule has 2 aromatic carbocycles. The lowest BCUT2D eigenvalue weighted by molar-refractivity contribution is -0.870. The van der Waals surface area contributed by atoms with Crippen LogP contribution >= 0.6 is 0 Å². The first kappa shape index (κ1) is 46.8. The monoisotopic (exact) mass is 785 g/mol. The van der Waals surface area contributed by atoms with Crippen molar-refractivity contribution in [2.45, 2.75) is 173 Å². The first-order valence-corrected chi connectivity index (χ1v) is 23.7. The number of ether oxygens (including phenoxy) is 1. The highest BCUT2D eigenvalue weighted by Crippen LogP contribution is 2.35. The van der Waals surface area contributed by atoms with Gasteiger partial charge in [-0.3, -0.25) is 0 Å². The first-order chi connectivity index (χ1) is 26.6. The zero-order valence-corrected chi connectivity index (χ0v) is 36.2. The molecular weight excluding hydrogens is 707 g/mol. The van der Waals surface area contributed by atoms with E-state index in [0.29, 0.717) is 17.9 Å². The Morgan fingerprint density at radius 2 is 1.18 bits per heavy atom. The van der Waals surface area contributed by atoms with Crippen LogP contribution in [0.1, 0.15) is 178 Å². The number of benzene rings is 2. The molecule has 1 unspecified atom stereocenters. The molecular formula is C46H78N3O5S+. The molecule has 2 aromatic rings. The third-order valence-corrected chi connectivity index (χ3v) is 11.9. The maximum Gasteiger partial charge on any atom is 0.385 e. The highest BCUT2D eigenvalue weighted by atomic mass is 32.2. The zero-order chi connectivity index (χ0) is 39.6. The van der Waals surface area contributed by atoms with Crippen molar-refractivity contribution in [1.82, 2.24) is 4.72 Å². The highest BCUT2D eigenvalue weighted by Gasteiger charge is 2.26. The van der Waals surface area contributed by atoms with Crippen molar-refractivity contribution in [2.75, 3.05) is 45.7 Å². The summed E-state index contributed by atoms with van der Waals surface area (Å²) in [5, 5.41) is 0. The topological polar surface area (TPSA) is 84.9 Å². The van der Waals surface area contributed by atoms with Crippen LogP contribution in [-0.2, 0) is 14.5 Å². The summed E-state index contributed by atoms with van der Waals surface area (Å²) in [5.41, 5.74) is 0.941. The van der Waals surface area contributed by atoms with Crippen molar-refractivity contribution >= 4 is 22.0 Å². The molecule has 1 aliphatic heterocycles. The lowest BCUT2D eigenvalue weighted by atomic mass is 10.0. The van der Waals surface area contributed by atoms with Crippen molar-refractivity contribution in [1.29, 1.82) is 0 Å². The molecule has 1 heterocycles. The molecule has 0 aliphatic carbocycles. The number of rotatable bonds is 32. The second kappa shape index (κ2) is 27.1. The number of nitrogens with zero attached hydrogens (tertiary/aromatic N) is 2. The number of hydrogen-bond donors (Lipinski definition) is 1. The Hall–Kier alpha value is -2.62. The minimum absolute atomic E-state index is 0.180. The van der Waals surface area contributed by atoms with Crippen molar-refractivity contribution < 1.29 is 26.6 Å². The molecule has 3 rings (SSSR count). The molecule has 0 saturated carbocycles. The lowest BCUT2D eigenvalue weighted by Crippen LogP contribution is -2.42. The number of nitrogens with one attached hydrogen (secondary N) is 1. The van der Waals surface area contributed by atoms with E-state index in [2.05, 4.69) is 37.7 Å². The standard InChI is InChI=1S/C46H78N3O5S/c1-5-6-7-8-9-10-11-12-13-14-15-16-17-18-19-20-21-22-23-24-26-31-42(36-39-49(2,3)4)47-55(51,52)54-46(50)41-34-35-45(53-43-32-27-25-28-33-43)44(40-41)48-37-29-30-38-48/h25,27-28,32-35,40,42,47H,5-24,26,29-31,36-39H2,1-4H3/q+1. The van der Waals surface area contributed by atoms with Crippen LogP contribution in [0.4, 0.5) is 5.69 Å². The minimum Gasteiger partial charge on any atom is -0.455 e. The molecule has 55 heavy (non-hydrogen) atoms. The van der Waals surface area contributed by atoms with Crippen LogP contribution < -0.4 is 14.4 Å². The van der Waals surface area contributed by atoms with E-state index in [1.165, 1.54) is 122 Å². The molecule has 1 N–H and O–H groups in total. The predicted molar refractivity (Wildman–Crippen MR) is 230 cm³/mol. The number of carbonyl (C=O) groups is 1. The largest absolute Gasteiger partial charge is 0.455 e. The second-order valence-corrected chi connectivity index (χ2v) is 18.4. The quantitative estimate of drug-likeness (QED) is 0.0587. The fourth-order valence-corrected chi connectivity index (χ4v) is 8.54. The Balaban J connectivity index is 1.33. The Morgan fingerprint density at radius 3 is 1.67 bits per heavy atom. The van der Waals surface area contributed by atoms with Crippen LogP contribution in [0.3, 0.4) is 0 Å². The summed E-state index contributed by atoms with van der Waals surface area (Å²) < 4.78 is 41.2. The molecule has 0 radical (unpaired) electrons. The SMILES string of the molecule is CCCCCCCCCCCCCCCCCCCCCCCC(CC[N+](C)(C)C)NS(=O)(=O)OC(=O)c1ccc(Oc2ccccc2)c(N2CCCC2)c1. The van der Waals surface area contributed by atoms with E-state index in [4.69, 9.17) is 8.92 Å². The van der Waals surface area contributed by atoms with Gasteiger partial charge in [-0.1, -0.05) is 160 Å². The van der Waals surface area contributed by atoms with Crippen LogP contribution in [0.25, 0.3) is 0 Å². The van der Waals surface area contributed by atoms with Gasteiger partial charge in [-0.25, -0.2) is 4.79 Å². The molecule has 1 fully saturated rings. The van der Waals surface area contributed by atoms with Gasteiger partial charge in [0.2, 0.25) is 0 Å². The van der Waals surface area contributed by atoms with Gasteiger partial charge in [0.05, 0.1) is 38.9 Å². The fourth-order valence-electron chi connectivity index (χ4n) is 7.56. The number of carbonyl (C=O) groups excluding carboxylic acids is 1. The van der Waals surface area contributed by atoms with Gasteiger partial charge in [0.25, 0.3) is 0 Å². The second-order valence-electron chi connectivity index (χ2n) is 17.1. The summed E-state index contributed by atoms with van der Waals surface area (Å²) in [6.07, 6.45) is 31.6. The van der Waals surface area contributed by atoms with Crippen LogP contribution in [0.2, 0.25) is 0 Å². The first-order valence-electron chi connectivity index (χ1n) is 22.2. The van der Waals surface area contributed by atoms with Crippen LogP contribution in [0.5, 0.6) is 11.5 Å². The van der Waals surface area contributed by atoms with Crippen molar-refractivity contribution in [3.63, 3.8) is 0 Å². The van der Waals surface area contributed by atoms with E-state index < -0.39 is 16.3 Å². The molecule has 312 valence electrons. The third kappa shape index (κ3) is 21.5. The third-order valence-electron chi connectivity index (χ3n) is 10.9. The Kier molecular flexibility index (Phi) is 23.0. The van der Waals surface area contributed by atoms with E-state index in [1.54, 1.807) is 18.2 Å². The number of unbranched alkanes of at least 4 members (excludes halogenated alkanes) is 20. The average molecular weight is 785 g/mol. The molecule has 0 amide bonds. The number of anilines is 1. The van der Waals surface area contributed by atoms with Crippen LogP contribution in [0.15, 0.2) is 48.5 Å².